The summed E-state index contributed by atoms with van der Waals surface area (Å²) in [6.45, 7) is 15.3. The number of ketones is 1. The first-order valence-corrected chi connectivity index (χ1v) is 12.0. The Bertz CT molecular complexity index is 987. The van der Waals surface area contributed by atoms with E-state index in [-0.39, 0.29) is 57.7 Å². The maximum Gasteiger partial charge on any atom is 0.182 e. The highest BCUT2D eigenvalue weighted by atomic mass is 79.9. The number of rotatable bonds is 6. The van der Waals surface area contributed by atoms with E-state index in [0.717, 1.165) is 29.7 Å². The van der Waals surface area contributed by atoms with Gasteiger partial charge in [-0.25, -0.2) is 0 Å². The number of likely N-dealkylation sites (tertiary alicyclic amines) is 1. The predicted octanol–water partition coefficient (Wildman–Crippen LogP) is 6.64. The molecule has 34 heavy (non-hydrogen) atoms. The molecule has 0 unspecified atom stereocenters. The van der Waals surface area contributed by atoms with Crippen molar-refractivity contribution in [3.63, 3.8) is 0 Å². The van der Waals surface area contributed by atoms with Crippen molar-refractivity contribution in [3.05, 3.63) is 58.9 Å². The van der Waals surface area contributed by atoms with E-state index in [9.17, 15) is 9.90 Å². The molecular formula is C28H40BrN3O2. The van der Waals surface area contributed by atoms with Gasteiger partial charge in [-0.3, -0.25) is 15.2 Å². The second-order valence-electron chi connectivity index (χ2n) is 11.4. The number of phenols is 1. The monoisotopic (exact) mass is 529 g/mol. The van der Waals surface area contributed by atoms with Gasteiger partial charge in [-0.15, -0.1) is 17.0 Å². The van der Waals surface area contributed by atoms with Crippen LogP contribution >= 0.6 is 17.0 Å². The maximum atomic E-state index is 13.5. The topological polar surface area (TPSA) is 77.3 Å². The fourth-order valence-electron chi connectivity index (χ4n) is 4.83. The molecule has 3 rings (SSSR count). The molecule has 1 aliphatic heterocycles. The fourth-order valence-corrected chi connectivity index (χ4v) is 4.83. The van der Waals surface area contributed by atoms with Crippen LogP contribution in [0.3, 0.4) is 0 Å². The van der Waals surface area contributed by atoms with Gasteiger partial charge in [0.15, 0.2) is 5.78 Å². The van der Waals surface area contributed by atoms with Crippen LogP contribution in [0.15, 0.2) is 36.5 Å². The van der Waals surface area contributed by atoms with Crippen molar-refractivity contribution in [1.82, 2.24) is 9.88 Å². The Morgan fingerprint density at radius 1 is 1.12 bits per heavy atom. The molecule has 5 nitrogen and oxygen atoms in total. The van der Waals surface area contributed by atoms with Crippen molar-refractivity contribution < 1.29 is 9.90 Å². The third-order valence-electron chi connectivity index (χ3n) is 6.61. The summed E-state index contributed by atoms with van der Waals surface area (Å²) >= 11 is 0. The van der Waals surface area contributed by atoms with Crippen molar-refractivity contribution in [3.8, 4) is 5.75 Å². The van der Waals surface area contributed by atoms with E-state index in [1.165, 1.54) is 0 Å². The van der Waals surface area contributed by atoms with E-state index in [0.29, 0.717) is 17.9 Å². The van der Waals surface area contributed by atoms with Gasteiger partial charge >= 0.3 is 0 Å². The number of carbonyl (C=O) groups is 1. The second kappa shape index (κ2) is 10.6. The summed E-state index contributed by atoms with van der Waals surface area (Å²) in [6, 6.07) is 9.52. The van der Waals surface area contributed by atoms with Gasteiger partial charge in [0.25, 0.3) is 0 Å². The molecule has 1 fully saturated rings. The molecule has 1 aliphatic rings. The normalized spacial score (nSPS) is 18.7. The van der Waals surface area contributed by atoms with Crippen molar-refractivity contribution >= 4 is 28.6 Å². The lowest BCUT2D eigenvalue weighted by molar-refractivity contribution is 0.0963. The Labute approximate surface area is 215 Å². The summed E-state index contributed by atoms with van der Waals surface area (Å²) < 4.78 is 0. The van der Waals surface area contributed by atoms with Gasteiger partial charge < -0.3 is 10.0 Å². The third-order valence-corrected chi connectivity index (χ3v) is 6.61. The van der Waals surface area contributed by atoms with Crippen molar-refractivity contribution in [1.29, 1.82) is 5.41 Å². The van der Waals surface area contributed by atoms with Gasteiger partial charge in [-0.2, -0.15) is 0 Å². The molecule has 0 radical (unpaired) electrons. The van der Waals surface area contributed by atoms with Gasteiger partial charge in [-0.05, 0) is 47.4 Å². The maximum absolute atomic E-state index is 13.5. The summed E-state index contributed by atoms with van der Waals surface area (Å²) in [5.74, 6) is 0.937. The Morgan fingerprint density at radius 2 is 1.71 bits per heavy atom. The molecule has 0 aliphatic carbocycles. The quantitative estimate of drug-likeness (QED) is 0.411. The van der Waals surface area contributed by atoms with Crippen LogP contribution in [0, 0.1) is 11.3 Å². The minimum absolute atomic E-state index is 0. The number of nitrogens with one attached hydrogen (secondary N) is 1. The van der Waals surface area contributed by atoms with E-state index in [1.54, 1.807) is 6.20 Å². The molecule has 186 valence electrons. The molecule has 2 aromatic rings. The molecule has 0 saturated carbocycles. The van der Waals surface area contributed by atoms with E-state index in [2.05, 4.69) is 11.9 Å². The van der Waals surface area contributed by atoms with Crippen LogP contribution in [0.5, 0.6) is 5.75 Å². The van der Waals surface area contributed by atoms with Crippen molar-refractivity contribution in [2.24, 2.45) is 5.92 Å². The van der Waals surface area contributed by atoms with Crippen molar-refractivity contribution in [2.75, 3.05) is 13.1 Å². The van der Waals surface area contributed by atoms with Gasteiger partial charge in [0.05, 0.1) is 18.2 Å². The van der Waals surface area contributed by atoms with E-state index < -0.39 is 0 Å². The molecule has 6 heteroatoms. The van der Waals surface area contributed by atoms with Gasteiger partial charge in [-0.1, -0.05) is 61.0 Å². The molecule has 0 bridgehead atoms. The summed E-state index contributed by atoms with van der Waals surface area (Å²) in [6.07, 6.45) is 3.80. The summed E-state index contributed by atoms with van der Waals surface area (Å²) in [7, 11) is 0. The number of nitrogens with zero attached hydrogens (tertiary/aromatic N) is 2. The predicted molar refractivity (Wildman–Crippen MR) is 145 cm³/mol. The SMILES string of the molecule is Br.CCC[C@H]1CN(CC(=O)c2cc(C(C)(C)C)c(O)c(C(C)(C)C)c2)C(=N)[C@@H]1c1ccccn1. The lowest BCUT2D eigenvalue weighted by Gasteiger charge is -2.28. The van der Waals surface area contributed by atoms with Crippen LogP contribution < -0.4 is 0 Å². The Hall–Kier alpha value is -2.21. The summed E-state index contributed by atoms with van der Waals surface area (Å²) in [5.41, 5.74) is 2.48. The highest BCUT2D eigenvalue weighted by molar-refractivity contribution is 8.93. The number of benzene rings is 1. The lowest BCUT2D eigenvalue weighted by Crippen LogP contribution is -2.32. The van der Waals surface area contributed by atoms with Crippen LogP contribution in [-0.4, -0.2) is 39.7 Å². The van der Waals surface area contributed by atoms with Gasteiger partial charge in [0.2, 0.25) is 0 Å². The number of amidine groups is 1. The third kappa shape index (κ3) is 5.88. The first-order valence-electron chi connectivity index (χ1n) is 12.0. The molecule has 1 aromatic heterocycles. The Kier molecular flexibility index (Phi) is 8.73. The number of aromatic hydroxyl groups is 1. The molecule has 0 amide bonds. The van der Waals surface area contributed by atoms with Gasteiger partial charge in [0, 0.05) is 29.4 Å². The lowest BCUT2D eigenvalue weighted by atomic mass is 9.78. The standard InChI is InChI=1S/C28H39N3O2.BrH/c1-8-11-18-16-31(26(29)24(18)22-12-9-10-13-30-22)17-23(32)19-14-20(27(2,3)4)25(33)21(15-19)28(5,6)7;/h9-10,12-15,18,24,29,33H,8,11,16-17H2,1-7H3;1H/t18-,24-;/m0./s1. The highest BCUT2D eigenvalue weighted by Gasteiger charge is 2.39. The highest BCUT2D eigenvalue weighted by Crippen LogP contribution is 2.40. The average molecular weight is 531 g/mol. The van der Waals surface area contributed by atoms with Crippen LogP contribution in [0.2, 0.25) is 0 Å². The fraction of sp³-hybridized carbons (Fsp3) is 0.536. The van der Waals surface area contributed by atoms with E-state index in [4.69, 9.17) is 5.41 Å². The number of phenolic OH excluding ortho intramolecular Hbond substituents is 1. The van der Waals surface area contributed by atoms with E-state index in [1.807, 2.05) is 76.8 Å². The molecular weight excluding hydrogens is 490 g/mol. The van der Waals surface area contributed by atoms with Gasteiger partial charge in [0.1, 0.15) is 11.6 Å². The first-order chi connectivity index (χ1) is 15.3. The number of aromatic nitrogens is 1. The van der Waals surface area contributed by atoms with Crippen LogP contribution in [0.25, 0.3) is 0 Å². The Balaban J connectivity index is 0.00000408. The Morgan fingerprint density at radius 3 is 2.18 bits per heavy atom. The van der Waals surface area contributed by atoms with E-state index >= 15 is 0 Å². The molecule has 1 aromatic carbocycles. The first kappa shape index (κ1) is 28.0. The van der Waals surface area contributed by atoms with Crippen LogP contribution in [0.1, 0.15) is 94.4 Å². The molecule has 2 heterocycles. The molecule has 2 N–H and O–H groups in total. The zero-order chi connectivity index (χ0) is 24.6. The second-order valence-corrected chi connectivity index (χ2v) is 11.4. The minimum Gasteiger partial charge on any atom is -0.507 e. The van der Waals surface area contributed by atoms with Crippen LogP contribution in [-0.2, 0) is 10.8 Å². The molecule has 1 saturated heterocycles. The number of Topliss-reactive ketones (excluding diaryl/α,β-unsaturated/α-hetero) is 1. The summed E-state index contributed by atoms with van der Waals surface area (Å²) in [5, 5.41) is 19.9. The number of pyridine rings is 1. The minimum atomic E-state index is -0.295. The number of carbonyl (C=O) groups excluding carboxylic acids is 1. The number of hydrogen-bond donors (Lipinski definition) is 2. The summed E-state index contributed by atoms with van der Waals surface area (Å²) in [4.78, 5) is 19.9. The zero-order valence-electron chi connectivity index (χ0n) is 21.6. The number of hydrogen-bond acceptors (Lipinski definition) is 4. The number of halogens is 1. The average Bonchev–Trinajstić information content (AvgIpc) is 3.02. The van der Waals surface area contributed by atoms with Crippen LogP contribution in [0.4, 0.5) is 0 Å². The smallest absolute Gasteiger partial charge is 0.182 e. The van der Waals surface area contributed by atoms with Crippen molar-refractivity contribution in [2.45, 2.75) is 78.1 Å². The largest absolute Gasteiger partial charge is 0.507 e. The zero-order valence-corrected chi connectivity index (χ0v) is 23.3. The molecule has 0 spiro atoms. The molecule has 2 atom stereocenters.